The van der Waals surface area contributed by atoms with Crippen LogP contribution in [0.1, 0.15) is 25.8 Å². The van der Waals surface area contributed by atoms with Gasteiger partial charge in [0.2, 0.25) is 5.91 Å². The highest BCUT2D eigenvalue weighted by molar-refractivity contribution is 6.32. The molecule has 1 atom stereocenters. The molecule has 0 heterocycles. The minimum atomic E-state index is -0.484. The van der Waals surface area contributed by atoms with E-state index < -0.39 is 5.82 Å². The fourth-order valence-corrected chi connectivity index (χ4v) is 2.05. The number of hydrogen-bond donors (Lipinski definition) is 2. The lowest BCUT2D eigenvalue weighted by Gasteiger charge is -2.17. The van der Waals surface area contributed by atoms with Gasteiger partial charge in [0.1, 0.15) is 5.82 Å². The molecule has 0 bridgehead atoms. The van der Waals surface area contributed by atoms with E-state index in [1.54, 1.807) is 6.07 Å². The molecule has 110 valence electrons. The second-order valence-corrected chi connectivity index (χ2v) is 5.39. The van der Waals surface area contributed by atoms with Gasteiger partial charge in [0, 0.05) is 11.6 Å². The molecule has 0 saturated heterocycles. The summed E-state index contributed by atoms with van der Waals surface area (Å²) in [7, 11) is 0. The Bertz CT molecular complexity index is 469. The first kappa shape index (κ1) is 16.7. The van der Waals surface area contributed by atoms with Crippen LogP contribution in [0, 0.1) is 11.7 Å². The molecule has 2 N–H and O–H groups in total. The van der Waals surface area contributed by atoms with Gasteiger partial charge in [-0.2, -0.15) is 0 Å². The minimum Gasteiger partial charge on any atom is -0.394 e. The van der Waals surface area contributed by atoms with Gasteiger partial charge in [-0.3, -0.25) is 4.79 Å². The van der Waals surface area contributed by atoms with Crippen LogP contribution < -0.4 is 5.32 Å². The molecule has 1 aromatic carbocycles. The molecule has 0 saturated carbocycles. The number of halogens is 2. The van der Waals surface area contributed by atoms with Crippen LogP contribution in [0.2, 0.25) is 5.02 Å². The second kappa shape index (κ2) is 8.02. The molecule has 5 heteroatoms. The van der Waals surface area contributed by atoms with Gasteiger partial charge in [-0.25, -0.2) is 4.39 Å². The van der Waals surface area contributed by atoms with E-state index in [1.807, 2.05) is 13.8 Å². The highest BCUT2D eigenvalue weighted by atomic mass is 35.5. The summed E-state index contributed by atoms with van der Waals surface area (Å²) in [5.74, 6) is -0.510. The number of amides is 1. The largest absolute Gasteiger partial charge is 0.394 e. The van der Waals surface area contributed by atoms with Crippen molar-refractivity contribution in [2.24, 2.45) is 5.92 Å². The molecule has 0 aliphatic carbocycles. The van der Waals surface area contributed by atoms with Crippen molar-refractivity contribution >= 4 is 23.6 Å². The first-order chi connectivity index (χ1) is 9.43. The van der Waals surface area contributed by atoms with Crippen LogP contribution in [0.3, 0.4) is 0 Å². The Morgan fingerprint density at radius 3 is 2.75 bits per heavy atom. The number of aliphatic hydroxyl groups is 1. The number of nitrogens with one attached hydrogen (secondary N) is 1. The lowest BCUT2D eigenvalue weighted by Crippen LogP contribution is -2.37. The maximum absolute atomic E-state index is 13.5. The molecule has 0 aliphatic rings. The Hall–Kier alpha value is -1.39. The van der Waals surface area contributed by atoms with Crippen molar-refractivity contribution in [3.8, 4) is 0 Å². The van der Waals surface area contributed by atoms with Gasteiger partial charge >= 0.3 is 0 Å². The molecular weight excluding hydrogens is 281 g/mol. The molecule has 0 spiro atoms. The number of rotatable bonds is 6. The van der Waals surface area contributed by atoms with Crippen molar-refractivity contribution in [3.05, 3.63) is 40.7 Å². The number of carbonyl (C=O) groups excluding carboxylic acids is 1. The number of hydrogen-bond acceptors (Lipinski definition) is 2. The van der Waals surface area contributed by atoms with Gasteiger partial charge in [-0.15, -0.1) is 0 Å². The van der Waals surface area contributed by atoms with E-state index in [-0.39, 0.29) is 29.1 Å². The van der Waals surface area contributed by atoms with Crippen molar-refractivity contribution in [2.45, 2.75) is 26.3 Å². The highest BCUT2D eigenvalue weighted by Gasteiger charge is 2.11. The smallest absolute Gasteiger partial charge is 0.244 e. The molecule has 1 amide bonds. The first-order valence-electron chi connectivity index (χ1n) is 6.47. The standard InChI is InChI=1S/C15H19ClFNO2/c1-10(2)8-11(9-19)18-15(20)7-6-12-13(16)4-3-5-14(12)17/h3-7,10-11,19H,8-9H2,1-2H3,(H,18,20). The molecule has 1 rings (SSSR count). The SMILES string of the molecule is CC(C)CC(CO)NC(=O)C=Cc1c(F)cccc1Cl. The summed E-state index contributed by atoms with van der Waals surface area (Å²) < 4.78 is 13.5. The van der Waals surface area contributed by atoms with Gasteiger partial charge in [-0.05, 0) is 30.5 Å². The Morgan fingerprint density at radius 1 is 1.50 bits per heavy atom. The lowest BCUT2D eigenvalue weighted by atomic mass is 10.0. The topological polar surface area (TPSA) is 49.3 Å². The van der Waals surface area contributed by atoms with Crippen molar-refractivity contribution in [1.82, 2.24) is 5.32 Å². The Morgan fingerprint density at radius 2 is 2.20 bits per heavy atom. The molecule has 1 aromatic rings. The monoisotopic (exact) mass is 299 g/mol. The van der Waals surface area contributed by atoms with Crippen LogP contribution in [-0.4, -0.2) is 23.7 Å². The molecule has 3 nitrogen and oxygen atoms in total. The van der Waals surface area contributed by atoms with Gasteiger partial charge in [0.05, 0.1) is 17.7 Å². The highest BCUT2D eigenvalue weighted by Crippen LogP contribution is 2.20. The van der Waals surface area contributed by atoms with Crippen LogP contribution in [0.5, 0.6) is 0 Å². The van der Waals surface area contributed by atoms with Crippen molar-refractivity contribution in [3.63, 3.8) is 0 Å². The summed E-state index contributed by atoms with van der Waals surface area (Å²) in [6.07, 6.45) is 3.22. The molecule has 0 aromatic heterocycles. The molecule has 0 fully saturated rings. The number of aliphatic hydroxyl groups excluding tert-OH is 1. The van der Waals surface area contributed by atoms with Crippen LogP contribution in [0.25, 0.3) is 6.08 Å². The fraction of sp³-hybridized carbons (Fsp3) is 0.400. The minimum absolute atomic E-state index is 0.127. The summed E-state index contributed by atoms with van der Waals surface area (Å²) in [6, 6.07) is 4.03. The molecule has 0 aliphatic heterocycles. The molecule has 1 unspecified atom stereocenters. The zero-order valence-corrected chi connectivity index (χ0v) is 12.3. The third-order valence-electron chi connectivity index (χ3n) is 2.72. The number of benzene rings is 1. The van der Waals surface area contributed by atoms with E-state index in [4.69, 9.17) is 11.6 Å². The lowest BCUT2D eigenvalue weighted by molar-refractivity contribution is -0.117. The third-order valence-corrected chi connectivity index (χ3v) is 3.05. The van der Waals surface area contributed by atoms with Crippen molar-refractivity contribution < 1.29 is 14.3 Å². The Labute approximate surface area is 123 Å². The Kier molecular flexibility index (Phi) is 6.68. The summed E-state index contributed by atoms with van der Waals surface area (Å²) in [5, 5.41) is 12.1. The average molecular weight is 300 g/mol. The summed E-state index contributed by atoms with van der Waals surface area (Å²) in [4.78, 5) is 11.7. The summed E-state index contributed by atoms with van der Waals surface area (Å²) in [5.41, 5.74) is 0.175. The molecule has 20 heavy (non-hydrogen) atoms. The van der Waals surface area contributed by atoms with Crippen LogP contribution >= 0.6 is 11.6 Å². The second-order valence-electron chi connectivity index (χ2n) is 4.99. The Balaban J connectivity index is 2.68. The number of carbonyl (C=O) groups is 1. The van der Waals surface area contributed by atoms with Gasteiger partial charge in [0.25, 0.3) is 0 Å². The van der Waals surface area contributed by atoms with Gasteiger partial charge < -0.3 is 10.4 Å². The predicted octanol–water partition coefficient (Wildman–Crippen LogP) is 3.02. The van der Waals surface area contributed by atoms with E-state index in [0.29, 0.717) is 12.3 Å². The van der Waals surface area contributed by atoms with Crippen LogP contribution in [0.4, 0.5) is 4.39 Å². The summed E-state index contributed by atoms with van der Waals surface area (Å²) >= 11 is 5.85. The van der Waals surface area contributed by atoms with Gasteiger partial charge in [-0.1, -0.05) is 31.5 Å². The maximum Gasteiger partial charge on any atom is 0.244 e. The third kappa shape index (κ3) is 5.31. The van der Waals surface area contributed by atoms with Crippen molar-refractivity contribution in [1.29, 1.82) is 0 Å². The fourth-order valence-electron chi connectivity index (χ4n) is 1.83. The van der Waals surface area contributed by atoms with Crippen molar-refractivity contribution in [2.75, 3.05) is 6.61 Å². The van der Waals surface area contributed by atoms with E-state index in [1.165, 1.54) is 24.3 Å². The normalized spacial score (nSPS) is 12.9. The summed E-state index contributed by atoms with van der Waals surface area (Å²) in [6.45, 7) is 3.88. The van der Waals surface area contributed by atoms with E-state index in [2.05, 4.69) is 5.32 Å². The zero-order valence-electron chi connectivity index (χ0n) is 11.6. The molecule has 0 radical (unpaired) electrons. The van der Waals surface area contributed by atoms with E-state index >= 15 is 0 Å². The van der Waals surface area contributed by atoms with Crippen LogP contribution in [0.15, 0.2) is 24.3 Å². The predicted molar refractivity (Wildman–Crippen MR) is 78.9 cm³/mol. The van der Waals surface area contributed by atoms with E-state index in [0.717, 1.165) is 0 Å². The average Bonchev–Trinajstić information content (AvgIpc) is 2.36. The van der Waals surface area contributed by atoms with E-state index in [9.17, 15) is 14.3 Å². The zero-order chi connectivity index (χ0) is 15.1. The maximum atomic E-state index is 13.5. The first-order valence-corrected chi connectivity index (χ1v) is 6.85. The van der Waals surface area contributed by atoms with Gasteiger partial charge in [0.15, 0.2) is 0 Å². The molecular formula is C15H19ClFNO2. The quantitative estimate of drug-likeness (QED) is 0.793. The van der Waals surface area contributed by atoms with Crippen LogP contribution in [-0.2, 0) is 4.79 Å².